The molecule has 1 N–H and O–H groups in total. The number of rotatable bonds is 3. The SMILES string of the molecule is CC(C)(C)OC(=O)NC1CCN(c2cc(F)cc(B3OC(C)(C)C(C)(C)O3)c2)CC1. The highest BCUT2D eigenvalue weighted by Crippen LogP contribution is 2.36. The van der Waals surface area contributed by atoms with Gasteiger partial charge in [0.15, 0.2) is 0 Å². The second-order valence-corrected chi connectivity index (χ2v) is 10.2. The van der Waals surface area contributed by atoms with Crippen LogP contribution >= 0.6 is 0 Å². The molecule has 0 bridgehead atoms. The van der Waals surface area contributed by atoms with E-state index < -0.39 is 30.0 Å². The number of nitrogens with zero attached hydrogens (tertiary/aromatic N) is 1. The number of piperidine rings is 1. The molecule has 2 aliphatic rings. The number of ether oxygens (including phenoxy) is 1. The monoisotopic (exact) mass is 420 g/mol. The Labute approximate surface area is 179 Å². The number of halogens is 1. The molecule has 2 aliphatic heterocycles. The summed E-state index contributed by atoms with van der Waals surface area (Å²) in [6.45, 7) is 14.9. The van der Waals surface area contributed by atoms with E-state index in [1.165, 1.54) is 12.1 Å². The van der Waals surface area contributed by atoms with Crippen molar-refractivity contribution in [3.63, 3.8) is 0 Å². The van der Waals surface area contributed by atoms with Crippen LogP contribution < -0.4 is 15.7 Å². The van der Waals surface area contributed by atoms with Gasteiger partial charge >= 0.3 is 13.2 Å². The molecule has 0 atom stereocenters. The number of benzene rings is 1. The number of hydrogen-bond acceptors (Lipinski definition) is 5. The van der Waals surface area contributed by atoms with Gasteiger partial charge in [0.25, 0.3) is 0 Å². The molecule has 0 aliphatic carbocycles. The van der Waals surface area contributed by atoms with Gasteiger partial charge in [-0.1, -0.05) is 0 Å². The predicted octanol–water partition coefficient (Wildman–Crippen LogP) is 3.62. The second-order valence-electron chi connectivity index (χ2n) is 10.2. The Hall–Kier alpha value is -1.80. The second kappa shape index (κ2) is 8.04. The summed E-state index contributed by atoms with van der Waals surface area (Å²) in [5.74, 6) is -0.314. The van der Waals surface area contributed by atoms with Gasteiger partial charge in [0, 0.05) is 24.8 Å². The maximum absolute atomic E-state index is 14.4. The molecule has 0 saturated carbocycles. The molecule has 0 radical (unpaired) electrons. The smallest absolute Gasteiger partial charge is 0.444 e. The summed E-state index contributed by atoms with van der Waals surface area (Å²) in [5.41, 5.74) is 0.00939. The summed E-state index contributed by atoms with van der Waals surface area (Å²) >= 11 is 0. The average molecular weight is 420 g/mol. The van der Waals surface area contributed by atoms with Crippen molar-refractivity contribution in [3.8, 4) is 0 Å². The van der Waals surface area contributed by atoms with E-state index in [1.54, 1.807) is 0 Å². The first-order valence-electron chi connectivity index (χ1n) is 10.7. The minimum atomic E-state index is -0.601. The third kappa shape index (κ3) is 5.27. The number of carbonyl (C=O) groups excluding carboxylic acids is 1. The molecule has 6 nitrogen and oxygen atoms in total. The molecule has 2 fully saturated rings. The highest BCUT2D eigenvalue weighted by molar-refractivity contribution is 6.62. The minimum absolute atomic E-state index is 0.0484. The molecule has 1 aromatic rings. The number of carbonyl (C=O) groups is 1. The molecular formula is C22H34BFN2O4. The molecule has 0 unspecified atom stereocenters. The summed E-state index contributed by atoms with van der Waals surface area (Å²) in [6.07, 6.45) is 1.14. The zero-order valence-corrected chi connectivity index (χ0v) is 19.2. The number of alkyl carbamates (subject to hydrolysis) is 1. The van der Waals surface area contributed by atoms with Crippen molar-refractivity contribution in [2.24, 2.45) is 0 Å². The van der Waals surface area contributed by atoms with Crippen LogP contribution in [0.15, 0.2) is 18.2 Å². The quantitative estimate of drug-likeness (QED) is 0.757. The number of hydrogen-bond donors (Lipinski definition) is 1. The van der Waals surface area contributed by atoms with E-state index in [0.717, 1.165) is 18.5 Å². The van der Waals surface area contributed by atoms with Crippen LogP contribution in [0.1, 0.15) is 61.3 Å². The van der Waals surface area contributed by atoms with E-state index in [1.807, 2.05) is 54.5 Å². The molecule has 0 aromatic heterocycles. The largest absolute Gasteiger partial charge is 0.495 e. The van der Waals surface area contributed by atoms with Crippen molar-refractivity contribution in [3.05, 3.63) is 24.0 Å². The van der Waals surface area contributed by atoms with Crippen LogP contribution in [0, 0.1) is 5.82 Å². The van der Waals surface area contributed by atoms with Crippen LogP contribution in [-0.4, -0.2) is 49.1 Å². The van der Waals surface area contributed by atoms with Gasteiger partial charge in [0.1, 0.15) is 11.4 Å². The van der Waals surface area contributed by atoms with Crippen LogP contribution in [0.4, 0.5) is 14.9 Å². The molecule has 8 heteroatoms. The van der Waals surface area contributed by atoms with Gasteiger partial charge in [-0.3, -0.25) is 0 Å². The van der Waals surface area contributed by atoms with E-state index in [-0.39, 0.29) is 11.9 Å². The van der Waals surface area contributed by atoms with Crippen LogP contribution in [-0.2, 0) is 14.0 Å². The predicted molar refractivity (Wildman–Crippen MR) is 117 cm³/mol. The molecule has 0 spiro atoms. The fourth-order valence-electron chi connectivity index (χ4n) is 3.65. The molecule has 30 heavy (non-hydrogen) atoms. The third-order valence-electron chi connectivity index (χ3n) is 6.01. The zero-order valence-electron chi connectivity index (χ0n) is 19.2. The van der Waals surface area contributed by atoms with E-state index in [0.29, 0.717) is 18.6 Å². The Morgan fingerprint density at radius 3 is 2.23 bits per heavy atom. The Morgan fingerprint density at radius 1 is 1.13 bits per heavy atom. The minimum Gasteiger partial charge on any atom is -0.444 e. The first-order valence-corrected chi connectivity index (χ1v) is 10.7. The molecule has 2 saturated heterocycles. The standard InChI is InChI=1S/C22H34BFN2O4/c1-20(2,3)28-19(27)25-17-8-10-26(11-9-17)18-13-15(12-16(24)14-18)23-29-21(4,5)22(6,7)30-23/h12-14,17H,8-11H2,1-7H3,(H,25,27). The van der Waals surface area contributed by atoms with Crippen molar-refractivity contribution in [1.29, 1.82) is 0 Å². The average Bonchev–Trinajstić information content (AvgIpc) is 2.81. The topological polar surface area (TPSA) is 60.0 Å². The Morgan fingerprint density at radius 2 is 1.70 bits per heavy atom. The molecule has 166 valence electrons. The van der Waals surface area contributed by atoms with Gasteiger partial charge in [-0.2, -0.15) is 0 Å². The number of anilines is 1. The van der Waals surface area contributed by atoms with Crippen molar-refractivity contribution in [1.82, 2.24) is 5.32 Å². The lowest BCUT2D eigenvalue weighted by molar-refractivity contribution is 0.00578. The van der Waals surface area contributed by atoms with Gasteiger partial charge < -0.3 is 24.3 Å². The van der Waals surface area contributed by atoms with Crippen molar-refractivity contribution >= 4 is 24.4 Å². The lowest BCUT2D eigenvalue weighted by Crippen LogP contribution is -2.46. The number of nitrogens with one attached hydrogen (secondary N) is 1. The van der Waals surface area contributed by atoms with Gasteiger partial charge in [-0.15, -0.1) is 0 Å². The molecule has 1 aromatic carbocycles. The van der Waals surface area contributed by atoms with Crippen molar-refractivity contribution < 1.29 is 23.2 Å². The van der Waals surface area contributed by atoms with E-state index >= 15 is 0 Å². The summed E-state index contributed by atoms with van der Waals surface area (Å²) in [4.78, 5) is 14.1. The van der Waals surface area contributed by atoms with E-state index in [2.05, 4.69) is 10.2 Å². The molecule has 1 amide bonds. The summed E-state index contributed by atoms with van der Waals surface area (Å²) in [5, 5.41) is 2.93. The van der Waals surface area contributed by atoms with Gasteiger partial charge in [0.05, 0.1) is 11.2 Å². The maximum atomic E-state index is 14.4. The Bertz CT molecular complexity index is 770. The number of amides is 1. The lowest BCUT2D eigenvalue weighted by atomic mass is 9.78. The van der Waals surface area contributed by atoms with Gasteiger partial charge in [-0.25, -0.2) is 9.18 Å². The van der Waals surface area contributed by atoms with Crippen LogP contribution in [0.5, 0.6) is 0 Å². The zero-order chi connectivity index (χ0) is 22.3. The Kier molecular flexibility index (Phi) is 6.13. The fourth-order valence-corrected chi connectivity index (χ4v) is 3.65. The molecular weight excluding hydrogens is 386 g/mol. The lowest BCUT2D eigenvalue weighted by Gasteiger charge is -2.34. The first kappa shape index (κ1) is 22.9. The fraction of sp³-hybridized carbons (Fsp3) is 0.682. The van der Waals surface area contributed by atoms with E-state index in [9.17, 15) is 9.18 Å². The van der Waals surface area contributed by atoms with Gasteiger partial charge in [-0.05, 0) is 85.0 Å². The summed E-state index contributed by atoms with van der Waals surface area (Å²) < 4.78 is 31.9. The highest BCUT2D eigenvalue weighted by atomic mass is 19.1. The summed E-state index contributed by atoms with van der Waals surface area (Å²) in [7, 11) is -0.601. The molecule has 3 rings (SSSR count). The van der Waals surface area contributed by atoms with Crippen molar-refractivity contribution in [2.45, 2.75) is 84.2 Å². The summed E-state index contributed by atoms with van der Waals surface area (Å²) in [6, 6.07) is 5.00. The van der Waals surface area contributed by atoms with Crippen LogP contribution in [0.3, 0.4) is 0 Å². The third-order valence-corrected chi connectivity index (χ3v) is 6.01. The molecule has 2 heterocycles. The van der Waals surface area contributed by atoms with Crippen molar-refractivity contribution in [2.75, 3.05) is 18.0 Å². The highest BCUT2D eigenvalue weighted by Gasteiger charge is 2.51. The van der Waals surface area contributed by atoms with Gasteiger partial charge in [0.2, 0.25) is 0 Å². The first-order chi connectivity index (χ1) is 13.8. The van der Waals surface area contributed by atoms with Crippen LogP contribution in [0.25, 0.3) is 0 Å². The van der Waals surface area contributed by atoms with Crippen LogP contribution in [0.2, 0.25) is 0 Å². The van der Waals surface area contributed by atoms with E-state index in [4.69, 9.17) is 14.0 Å². The normalized spacial score (nSPS) is 21.6. The maximum Gasteiger partial charge on any atom is 0.495 e. The Balaban J connectivity index is 1.64.